The first kappa shape index (κ1) is 16.4. The molecule has 2 aromatic rings. The molecule has 0 heterocycles. The Morgan fingerprint density at radius 2 is 1.76 bits per heavy atom. The number of hydrogen-bond donors (Lipinski definition) is 2. The van der Waals surface area contributed by atoms with Crippen LogP contribution in [0.15, 0.2) is 40.9 Å². The quantitative estimate of drug-likeness (QED) is 0.842. The first-order valence-corrected chi connectivity index (χ1v) is 7.40. The van der Waals surface area contributed by atoms with Crippen LogP contribution < -0.4 is 5.73 Å². The summed E-state index contributed by atoms with van der Waals surface area (Å²) in [7, 11) is 0. The van der Waals surface area contributed by atoms with E-state index in [0.717, 1.165) is 0 Å². The molecule has 2 atom stereocenters. The van der Waals surface area contributed by atoms with Crippen molar-refractivity contribution in [1.29, 1.82) is 0 Å². The smallest absolute Gasteiger partial charge is 0.145 e. The first-order chi connectivity index (χ1) is 9.97. The third-order valence-electron chi connectivity index (χ3n) is 3.32. The second-order valence-electron chi connectivity index (χ2n) is 4.57. The van der Waals surface area contributed by atoms with Gasteiger partial charge in [0, 0.05) is 12.5 Å². The molecule has 0 bridgehead atoms. The van der Waals surface area contributed by atoms with Crippen LogP contribution >= 0.6 is 27.5 Å². The van der Waals surface area contributed by atoms with Crippen molar-refractivity contribution in [2.24, 2.45) is 5.73 Å². The fourth-order valence-corrected chi connectivity index (χ4v) is 2.88. The average molecular weight is 377 g/mol. The van der Waals surface area contributed by atoms with Gasteiger partial charge in [-0.25, -0.2) is 8.78 Å². The van der Waals surface area contributed by atoms with E-state index in [1.807, 2.05) is 0 Å². The Kier molecular flexibility index (Phi) is 5.32. The molecule has 0 aliphatic rings. The minimum absolute atomic E-state index is 0.0125. The van der Waals surface area contributed by atoms with Gasteiger partial charge >= 0.3 is 0 Å². The lowest BCUT2D eigenvalue weighted by atomic mass is 9.89. The maximum atomic E-state index is 14.1. The van der Waals surface area contributed by atoms with Crippen LogP contribution in [0.4, 0.5) is 8.78 Å². The Morgan fingerprint density at radius 3 is 2.43 bits per heavy atom. The molecular weight excluding hydrogens is 364 g/mol. The molecular formula is C15H13BrClF2NO. The highest BCUT2D eigenvalue weighted by atomic mass is 79.9. The van der Waals surface area contributed by atoms with E-state index in [4.69, 9.17) is 17.3 Å². The van der Waals surface area contributed by atoms with Crippen LogP contribution in [0.5, 0.6) is 0 Å². The molecule has 0 fully saturated rings. The predicted octanol–water partition coefficient (Wildman–Crippen LogP) is 4.16. The average Bonchev–Trinajstić information content (AvgIpc) is 2.47. The normalized spacial score (nSPS) is 14.0. The molecule has 2 unspecified atom stereocenters. The molecule has 0 amide bonds. The summed E-state index contributed by atoms with van der Waals surface area (Å²) in [5.41, 5.74) is 6.18. The van der Waals surface area contributed by atoms with Crippen LogP contribution in [0.1, 0.15) is 23.1 Å². The van der Waals surface area contributed by atoms with Crippen molar-refractivity contribution in [1.82, 2.24) is 0 Å². The minimum Gasteiger partial charge on any atom is -0.388 e. The lowest BCUT2D eigenvalue weighted by Gasteiger charge is -2.24. The molecule has 3 N–H and O–H groups in total. The van der Waals surface area contributed by atoms with Gasteiger partial charge in [-0.2, -0.15) is 0 Å². The second-order valence-corrected chi connectivity index (χ2v) is 5.77. The van der Waals surface area contributed by atoms with Crippen LogP contribution in [-0.4, -0.2) is 11.7 Å². The molecule has 0 aliphatic carbocycles. The minimum atomic E-state index is -1.16. The third-order valence-corrected chi connectivity index (χ3v) is 4.44. The Labute approximate surface area is 134 Å². The van der Waals surface area contributed by atoms with Gasteiger partial charge in [-0.15, -0.1) is 0 Å². The van der Waals surface area contributed by atoms with Gasteiger partial charge in [-0.05, 0) is 39.2 Å². The van der Waals surface area contributed by atoms with Crippen molar-refractivity contribution in [3.63, 3.8) is 0 Å². The van der Waals surface area contributed by atoms with Gasteiger partial charge in [-0.3, -0.25) is 0 Å². The summed E-state index contributed by atoms with van der Waals surface area (Å²) in [6.07, 6.45) is -1.16. The fraction of sp³-hybridized carbons (Fsp3) is 0.200. The van der Waals surface area contributed by atoms with Gasteiger partial charge in [0.2, 0.25) is 0 Å². The molecule has 112 valence electrons. The van der Waals surface area contributed by atoms with E-state index in [1.54, 1.807) is 12.1 Å². The number of benzene rings is 2. The molecule has 0 spiro atoms. The molecule has 0 saturated carbocycles. The highest BCUT2D eigenvalue weighted by molar-refractivity contribution is 9.10. The number of halogens is 4. The van der Waals surface area contributed by atoms with Gasteiger partial charge in [0.15, 0.2) is 0 Å². The van der Waals surface area contributed by atoms with E-state index in [-0.39, 0.29) is 21.6 Å². The van der Waals surface area contributed by atoms with E-state index in [1.165, 1.54) is 24.3 Å². The van der Waals surface area contributed by atoms with E-state index < -0.39 is 23.7 Å². The van der Waals surface area contributed by atoms with Crippen LogP contribution in [-0.2, 0) is 0 Å². The molecule has 0 saturated heterocycles. The van der Waals surface area contributed by atoms with Crippen LogP contribution in [0, 0.1) is 11.6 Å². The summed E-state index contributed by atoms with van der Waals surface area (Å²) in [4.78, 5) is 0. The summed E-state index contributed by atoms with van der Waals surface area (Å²) in [5.74, 6) is -1.86. The van der Waals surface area contributed by atoms with E-state index in [2.05, 4.69) is 15.9 Å². The van der Waals surface area contributed by atoms with Crippen LogP contribution in [0.25, 0.3) is 0 Å². The zero-order valence-corrected chi connectivity index (χ0v) is 13.2. The van der Waals surface area contributed by atoms with Crippen molar-refractivity contribution in [2.75, 3.05) is 6.54 Å². The van der Waals surface area contributed by atoms with Crippen LogP contribution in [0.2, 0.25) is 5.02 Å². The molecule has 6 heteroatoms. The molecule has 2 aromatic carbocycles. The number of hydrogen-bond acceptors (Lipinski definition) is 2. The second kappa shape index (κ2) is 6.83. The van der Waals surface area contributed by atoms with Gasteiger partial charge in [-0.1, -0.05) is 35.9 Å². The van der Waals surface area contributed by atoms with Crippen molar-refractivity contribution < 1.29 is 13.9 Å². The number of rotatable bonds is 4. The molecule has 0 aliphatic heterocycles. The van der Waals surface area contributed by atoms with Gasteiger partial charge in [0.1, 0.15) is 11.6 Å². The summed E-state index contributed by atoms with van der Waals surface area (Å²) >= 11 is 8.84. The zero-order valence-electron chi connectivity index (χ0n) is 10.9. The Balaban J connectivity index is 2.46. The van der Waals surface area contributed by atoms with E-state index >= 15 is 0 Å². The fourth-order valence-electron chi connectivity index (χ4n) is 2.20. The van der Waals surface area contributed by atoms with Crippen molar-refractivity contribution in [3.05, 3.63) is 68.7 Å². The van der Waals surface area contributed by atoms with Crippen molar-refractivity contribution >= 4 is 27.5 Å². The highest BCUT2D eigenvalue weighted by Gasteiger charge is 2.27. The van der Waals surface area contributed by atoms with E-state index in [9.17, 15) is 13.9 Å². The SMILES string of the molecule is NCC(c1cccc(Cl)c1F)C(O)c1cccc(F)c1Br. The lowest BCUT2D eigenvalue weighted by Crippen LogP contribution is -2.21. The number of aliphatic hydroxyl groups is 1. The van der Waals surface area contributed by atoms with Gasteiger partial charge < -0.3 is 10.8 Å². The predicted molar refractivity (Wildman–Crippen MR) is 82.3 cm³/mol. The molecule has 0 aromatic heterocycles. The monoisotopic (exact) mass is 375 g/mol. The maximum absolute atomic E-state index is 14.1. The van der Waals surface area contributed by atoms with Crippen molar-refractivity contribution in [2.45, 2.75) is 12.0 Å². The van der Waals surface area contributed by atoms with Gasteiger partial charge in [0.05, 0.1) is 15.6 Å². The summed E-state index contributed by atoms with van der Waals surface area (Å²) in [5, 5.41) is 10.4. The summed E-state index contributed by atoms with van der Waals surface area (Å²) in [6.45, 7) is -0.0125. The highest BCUT2D eigenvalue weighted by Crippen LogP contribution is 2.37. The van der Waals surface area contributed by atoms with Gasteiger partial charge in [0.25, 0.3) is 0 Å². The lowest BCUT2D eigenvalue weighted by molar-refractivity contribution is 0.144. The molecule has 2 rings (SSSR count). The maximum Gasteiger partial charge on any atom is 0.145 e. The Morgan fingerprint density at radius 1 is 1.14 bits per heavy atom. The van der Waals surface area contributed by atoms with E-state index in [0.29, 0.717) is 5.56 Å². The standard InChI is InChI=1S/C15H13BrClF2NO/c16-13-9(4-2-6-12(13)18)15(21)10(7-20)8-3-1-5-11(17)14(8)19/h1-6,10,15,21H,7,20H2. The third kappa shape index (κ3) is 3.26. The Hall–Kier alpha value is -1.01. The first-order valence-electron chi connectivity index (χ1n) is 6.23. The number of nitrogens with two attached hydrogens (primary N) is 1. The largest absolute Gasteiger partial charge is 0.388 e. The molecule has 21 heavy (non-hydrogen) atoms. The molecule has 2 nitrogen and oxygen atoms in total. The topological polar surface area (TPSA) is 46.2 Å². The zero-order chi connectivity index (χ0) is 15.6. The summed E-state index contributed by atoms with van der Waals surface area (Å²) < 4.78 is 27.8. The van der Waals surface area contributed by atoms with Crippen molar-refractivity contribution in [3.8, 4) is 0 Å². The molecule has 0 radical (unpaired) electrons. The van der Waals surface area contributed by atoms with Crippen LogP contribution in [0.3, 0.4) is 0 Å². The Bertz CT molecular complexity index is 654. The summed E-state index contributed by atoms with van der Waals surface area (Å²) in [6, 6.07) is 8.80. The number of aliphatic hydroxyl groups excluding tert-OH is 1.